The maximum Gasteiger partial charge on any atom is 0.328 e. The fourth-order valence-corrected chi connectivity index (χ4v) is 7.61. The third-order valence-electron chi connectivity index (χ3n) is 10.9. The van der Waals surface area contributed by atoms with Crippen molar-refractivity contribution >= 4 is 6.03 Å². The molecule has 0 spiro atoms. The van der Waals surface area contributed by atoms with E-state index in [4.69, 9.17) is 18.9 Å². The summed E-state index contributed by atoms with van der Waals surface area (Å²) in [5, 5.41) is 0. The second-order valence-corrected chi connectivity index (χ2v) is 15.7. The van der Waals surface area contributed by atoms with E-state index >= 15 is 0 Å². The SMILES string of the molecule is CCCCCCCCCCCCCCCCCCOC1N(COC)C(=O)N(COC)C1(C)OCCCCCCCCCCCCCCCCCC. The van der Waals surface area contributed by atoms with Crippen LogP contribution in [0.15, 0.2) is 0 Å². The molecule has 7 heteroatoms. The third-order valence-corrected chi connectivity index (χ3v) is 10.9. The van der Waals surface area contributed by atoms with Gasteiger partial charge in [0, 0.05) is 27.4 Å². The van der Waals surface area contributed by atoms with Gasteiger partial charge in [0.2, 0.25) is 0 Å². The highest BCUT2D eigenvalue weighted by molar-refractivity contribution is 5.78. The van der Waals surface area contributed by atoms with Gasteiger partial charge in [0.15, 0.2) is 12.0 Å². The molecule has 7 nitrogen and oxygen atoms in total. The minimum atomic E-state index is -0.920. The molecule has 304 valence electrons. The summed E-state index contributed by atoms with van der Waals surface area (Å²) in [6.07, 6.45) is 42.5. The predicted octanol–water partition coefficient (Wildman–Crippen LogP) is 13.5. The third kappa shape index (κ3) is 23.5. The average Bonchev–Trinajstić information content (AvgIpc) is 3.32. The van der Waals surface area contributed by atoms with Crippen molar-refractivity contribution in [3.8, 4) is 0 Å². The van der Waals surface area contributed by atoms with Crippen molar-refractivity contribution in [1.82, 2.24) is 9.80 Å². The lowest BCUT2D eigenvalue weighted by Crippen LogP contribution is -2.53. The molecule has 0 bridgehead atoms. The number of hydrogen-bond acceptors (Lipinski definition) is 5. The van der Waals surface area contributed by atoms with Gasteiger partial charge in [0.25, 0.3) is 0 Å². The van der Waals surface area contributed by atoms with Crippen molar-refractivity contribution in [2.24, 2.45) is 0 Å². The van der Waals surface area contributed by atoms with E-state index in [1.165, 1.54) is 180 Å². The summed E-state index contributed by atoms with van der Waals surface area (Å²) in [6.45, 7) is 8.09. The number of urea groups is 1. The van der Waals surface area contributed by atoms with E-state index in [1.807, 2.05) is 6.92 Å². The van der Waals surface area contributed by atoms with E-state index in [1.54, 1.807) is 24.0 Å². The highest BCUT2D eigenvalue weighted by Crippen LogP contribution is 2.35. The Hall–Kier alpha value is -0.890. The average molecular weight is 725 g/mol. The minimum absolute atomic E-state index is 0.160. The van der Waals surface area contributed by atoms with E-state index in [-0.39, 0.29) is 19.5 Å². The summed E-state index contributed by atoms with van der Waals surface area (Å²) in [5.41, 5.74) is -0.920. The lowest BCUT2D eigenvalue weighted by atomic mass is 10.0. The Labute approximate surface area is 318 Å². The van der Waals surface area contributed by atoms with Crippen LogP contribution in [0, 0.1) is 0 Å². The summed E-state index contributed by atoms with van der Waals surface area (Å²) in [4.78, 5) is 16.7. The van der Waals surface area contributed by atoms with Crippen LogP contribution in [0.25, 0.3) is 0 Å². The molecule has 0 aromatic carbocycles. The zero-order valence-corrected chi connectivity index (χ0v) is 35.0. The summed E-state index contributed by atoms with van der Waals surface area (Å²) in [6, 6.07) is -0.162. The Bertz CT molecular complexity index is 755. The summed E-state index contributed by atoms with van der Waals surface area (Å²) in [7, 11) is 3.24. The first-order valence-corrected chi connectivity index (χ1v) is 22.4. The van der Waals surface area contributed by atoms with Crippen molar-refractivity contribution in [2.45, 2.75) is 238 Å². The molecule has 0 aromatic rings. The molecule has 2 unspecified atom stereocenters. The van der Waals surface area contributed by atoms with Crippen molar-refractivity contribution < 1.29 is 23.7 Å². The van der Waals surface area contributed by atoms with Crippen molar-refractivity contribution in [3.63, 3.8) is 0 Å². The Morgan fingerprint density at radius 1 is 0.471 bits per heavy atom. The Morgan fingerprint density at radius 2 is 0.784 bits per heavy atom. The van der Waals surface area contributed by atoms with Gasteiger partial charge in [-0.2, -0.15) is 0 Å². The van der Waals surface area contributed by atoms with Gasteiger partial charge >= 0.3 is 6.03 Å². The quantitative estimate of drug-likeness (QED) is 0.0589. The molecule has 1 aliphatic rings. The van der Waals surface area contributed by atoms with Gasteiger partial charge in [-0.15, -0.1) is 0 Å². The second kappa shape index (κ2) is 34.9. The van der Waals surface area contributed by atoms with E-state index in [0.717, 1.165) is 25.7 Å². The second-order valence-electron chi connectivity index (χ2n) is 15.7. The smallest absolute Gasteiger partial charge is 0.328 e. The number of rotatable bonds is 40. The molecule has 0 saturated carbocycles. The van der Waals surface area contributed by atoms with Crippen LogP contribution in [0.3, 0.4) is 0 Å². The van der Waals surface area contributed by atoms with Crippen LogP contribution < -0.4 is 0 Å². The first kappa shape index (κ1) is 48.1. The van der Waals surface area contributed by atoms with Crippen LogP contribution in [0.4, 0.5) is 4.79 Å². The number of amides is 2. The fourth-order valence-electron chi connectivity index (χ4n) is 7.61. The standard InChI is InChI=1S/C44H88N2O5/c1-6-8-10-12-14-16-18-20-22-24-26-28-30-32-34-36-38-50-42-44(3,46(41-49-5)43(47)45(42)40-48-4)51-39-37-35-33-31-29-27-25-23-21-19-17-15-13-11-9-7-2/h42H,6-41H2,1-5H3. The molecule has 0 aromatic heterocycles. The number of nitrogens with zero attached hydrogens (tertiary/aromatic N) is 2. The zero-order chi connectivity index (χ0) is 37.1. The van der Waals surface area contributed by atoms with E-state index in [2.05, 4.69) is 13.8 Å². The summed E-state index contributed by atoms with van der Waals surface area (Å²) >= 11 is 0. The predicted molar refractivity (Wildman–Crippen MR) is 216 cm³/mol. The van der Waals surface area contributed by atoms with Gasteiger partial charge in [-0.05, 0) is 19.8 Å². The summed E-state index contributed by atoms with van der Waals surface area (Å²) < 4.78 is 23.8. The van der Waals surface area contributed by atoms with E-state index < -0.39 is 12.0 Å². The van der Waals surface area contributed by atoms with Crippen LogP contribution in [0.5, 0.6) is 0 Å². The molecule has 51 heavy (non-hydrogen) atoms. The van der Waals surface area contributed by atoms with Gasteiger partial charge in [-0.25, -0.2) is 4.79 Å². The number of hydrogen-bond donors (Lipinski definition) is 0. The first-order chi connectivity index (χ1) is 25.1. The van der Waals surface area contributed by atoms with Gasteiger partial charge in [0.05, 0.1) is 0 Å². The maximum atomic E-state index is 13.4. The van der Waals surface area contributed by atoms with Crippen LogP contribution in [-0.2, 0) is 18.9 Å². The minimum Gasteiger partial charge on any atom is -0.364 e. The Balaban J connectivity index is 2.23. The molecule has 1 heterocycles. The molecule has 1 saturated heterocycles. The number of carbonyl (C=O) groups is 1. The van der Waals surface area contributed by atoms with Crippen LogP contribution >= 0.6 is 0 Å². The molecule has 1 fully saturated rings. The monoisotopic (exact) mass is 725 g/mol. The number of ether oxygens (including phenoxy) is 4. The van der Waals surface area contributed by atoms with Gasteiger partial charge < -0.3 is 18.9 Å². The molecular weight excluding hydrogens is 636 g/mol. The summed E-state index contributed by atoms with van der Waals surface area (Å²) in [5.74, 6) is 0. The molecule has 0 radical (unpaired) electrons. The Kier molecular flexibility index (Phi) is 32.9. The molecular formula is C44H88N2O5. The Morgan fingerprint density at radius 3 is 1.12 bits per heavy atom. The molecule has 0 aliphatic carbocycles. The highest BCUT2D eigenvalue weighted by atomic mass is 16.6. The highest BCUT2D eigenvalue weighted by Gasteiger charge is 2.56. The normalized spacial score (nSPS) is 17.7. The van der Waals surface area contributed by atoms with E-state index in [9.17, 15) is 4.79 Å². The molecule has 1 aliphatic heterocycles. The zero-order valence-electron chi connectivity index (χ0n) is 35.0. The maximum absolute atomic E-state index is 13.4. The van der Waals surface area contributed by atoms with Crippen molar-refractivity contribution in [3.05, 3.63) is 0 Å². The van der Waals surface area contributed by atoms with Gasteiger partial charge in [-0.1, -0.05) is 206 Å². The fraction of sp³-hybridized carbons (Fsp3) is 0.977. The van der Waals surface area contributed by atoms with Crippen molar-refractivity contribution in [2.75, 3.05) is 40.9 Å². The van der Waals surface area contributed by atoms with Crippen LogP contribution in [0.2, 0.25) is 0 Å². The molecule has 0 N–H and O–H groups in total. The van der Waals surface area contributed by atoms with Crippen LogP contribution in [0.1, 0.15) is 226 Å². The van der Waals surface area contributed by atoms with Gasteiger partial charge in [-0.3, -0.25) is 9.80 Å². The number of carbonyl (C=O) groups excluding carboxylic acids is 1. The largest absolute Gasteiger partial charge is 0.364 e. The lowest BCUT2D eigenvalue weighted by molar-refractivity contribution is -0.218. The topological polar surface area (TPSA) is 60.5 Å². The van der Waals surface area contributed by atoms with Gasteiger partial charge in [0.1, 0.15) is 13.5 Å². The molecule has 2 atom stereocenters. The molecule has 2 amide bonds. The lowest BCUT2D eigenvalue weighted by Gasteiger charge is -2.37. The van der Waals surface area contributed by atoms with Crippen LogP contribution in [-0.4, -0.2) is 68.7 Å². The number of unbranched alkanes of at least 4 members (excludes halogenated alkanes) is 30. The molecule has 1 rings (SSSR count). The first-order valence-electron chi connectivity index (χ1n) is 22.4. The number of methoxy groups -OCH3 is 2. The van der Waals surface area contributed by atoms with E-state index in [0.29, 0.717) is 13.2 Å². The van der Waals surface area contributed by atoms with Crippen molar-refractivity contribution in [1.29, 1.82) is 0 Å².